The Morgan fingerprint density at radius 1 is 1.08 bits per heavy atom. The van der Waals surface area contributed by atoms with E-state index in [1.165, 1.54) is 11.2 Å². The van der Waals surface area contributed by atoms with Gasteiger partial charge in [0.15, 0.2) is 5.76 Å². The Hall–Kier alpha value is -2.35. The fourth-order valence-electron chi connectivity index (χ4n) is 2.50. The number of piperazine rings is 1. The van der Waals surface area contributed by atoms with Crippen molar-refractivity contribution in [1.82, 2.24) is 15.1 Å². The highest BCUT2D eigenvalue weighted by Crippen LogP contribution is 2.09. The predicted octanol–water partition coefficient (Wildman–Crippen LogP) is -0.157. The van der Waals surface area contributed by atoms with Crippen molar-refractivity contribution in [2.75, 3.05) is 39.3 Å². The number of unbranched alkanes of at least 4 members (excludes halogenated alkanes) is 2. The molecule has 132 valence electrons. The molecule has 3 amide bonds. The third-order valence-electron chi connectivity index (χ3n) is 3.90. The van der Waals surface area contributed by atoms with Crippen molar-refractivity contribution in [2.24, 2.45) is 0 Å². The second-order valence-electron chi connectivity index (χ2n) is 5.60. The van der Waals surface area contributed by atoms with Crippen LogP contribution in [0.5, 0.6) is 0 Å². The molecule has 0 saturated carbocycles. The number of nitrogens with one attached hydrogen (secondary N) is 1. The Balaban J connectivity index is 1.72. The lowest BCUT2D eigenvalue weighted by Gasteiger charge is -2.33. The van der Waals surface area contributed by atoms with Gasteiger partial charge in [-0.15, -0.1) is 0 Å². The van der Waals surface area contributed by atoms with E-state index in [0.29, 0.717) is 39.1 Å². The molecule has 1 aliphatic heterocycles. The van der Waals surface area contributed by atoms with Crippen LogP contribution in [0.1, 0.15) is 29.8 Å². The van der Waals surface area contributed by atoms with Gasteiger partial charge in [0.1, 0.15) is 0 Å². The highest BCUT2D eigenvalue weighted by Gasteiger charge is 2.28. The first-order valence-electron chi connectivity index (χ1n) is 8.14. The molecule has 1 aromatic rings. The number of aliphatic hydroxyl groups is 1. The first-order chi connectivity index (χ1) is 11.6. The zero-order valence-electron chi connectivity index (χ0n) is 13.6. The van der Waals surface area contributed by atoms with Crippen LogP contribution >= 0.6 is 0 Å². The minimum Gasteiger partial charge on any atom is -0.459 e. The monoisotopic (exact) mass is 337 g/mol. The van der Waals surface area contributed by atoms with E-state index in [1.54, 1.807) is 17.0 Å². The normalized spacial score (nSPS) is 14.5. The lowest BCUT2D eigenvalue weighted by molar-refractivity contribution is -0.146. The number of amides is 3. The summed E-state index contributed by atoms with van der Waals surface area (Å²) in [6, 6.07) is 3.25. The summed E-state index contributed by atoms with van der Waals surface area (Å²) in [5, 5.41) is 11.3. The molecule has 8 heteroatoms. The summed E-state index contributed by atoms with van der Waals surface area (Å²) in [4.78, 5) is 39.1. The second kappa shape index (κ2) is 9.07. The molecule has 1 saturated heterocycles. The third kappa shape index (κ3) is 4.82. The van der Waals surface area contributed by atoms with Gasteiger partial charge in [-0.2, -0.15) is 0 Å². The number of furan rings is 1. The molecule has 0 radical (unpaired) electrons. The molecule has 24 heavy (non-hydrogen) atoms. The molecule has 2 N–H and O–H groups in total. The van der Waals surface area contributed by atoms with Crippen molar-refractivity contribution in [3.05, 3.63) is 24.2 Å². The van der Waals surface area contributed by atoms with E-state index in [4.69, 9.17) is 9.52 Å². The third-order valence-corrected chi connectivity index (χ3v) is 3.90. The lowest BCUT2D eigenvalue weighted by atomic mass is 10.2. The lowest BCUT2D eigenvalue weighted by Crippen LogP contribution is -2.53. The summed E-state index contributed by atoms with van der Waals surface area (Å²) in [5.41, 5.74) is 0. The minimum absolute atomic E-state index is 0.133. The van der Waals surface area contributed by atoms with Gasteiger partial charge in [0.2, 0.25) is 0 Å². The summed E-state index contributed by atoms with van der Waals surface area (Å²) in [6.45, 7) is 1.94. The number of carbonyl (C=O) groups excluding carboxylic acids is 3. The molecule has 0 aromatic carbocycles. The Bertz CT molecular complexity index is 550. The molecule has 0 bridgehead atoms. The van der Waals surface area contributed by atoms with Gasteiger partial charge >= 0.3 is 11.8 Å². The van der Waals surface area contributed by atoms with Crippen molar-refractivity contribution < 1.29 is 23.9 Å². The van der Waals surface area contributed by atoms with Crippen molar-refractivity contribution >= 4 is 17.7 Å². The first-order valence-corrected chi connectivity index (χ1v) is 8.14. The van der Waals surface area contributed by atoms with E-state index in [1.807, 2.05) is 0 Å². The molecule has 1 aromatic heterocycles. The average molecular weight is 337 g/mol. The maximum Gasteiger partial charge on any atom is 0.312 e. The molecule has 1 aliphatic rings. The molecule has 2 heterocycles. The highest BCUT2D eigenvalue weighted by molar-refractivity contribution is 6.35. The summed E-state index contributed by atoms with van der Waals surface area (Å²) in [5.74, 6) is -1.12. The number of rotatable bonds is 6. The fraction of sp³-hybridized carbons (Fsp3) is 0.562. The minimum atomic E-state index is -0.621. The molecule has 2 rings (SSSR count). The molecule has 1 fully saturated rings. The van der Waals surface area contributed by atoms with Crippen LogP contribution in [0.25, 0.3) is 0 Å². The Kier molecular flexibility index (Phi) is 6.80. The van der Waals surface area contributed by atoms with Crippen LogP contribution in [0.15, 0.2) is 22.8 Å². The summed E-state index contributed by atoms with van der Waals surface area (Å²) in [7, 11) is 0. The van der Waals surface area contributed by atoms with Gasteiger partial charge in [0.25, 0.3) is 5.91 Å². The van der Waals surface area contributed by atoms with Crippen LogP contribution in [-0.2, 0) is 9.59 Å². The van der Waals surface area contributed by atoms with Crippen LogP contribution in [0.3, 0.4) is 0 Å². The topological polar surface area (TPSA) is 103 Å². The molecule has 0 unspecified atom stereocenters. The van der Waals surface area contributed by atoms with Crippen LogP contribution in [0.4, 0.5) is 0 Å². The highest BCUT2D eigenvalue weighted by atomic mass is 16.3. The molecule has 0 atom stereocenters. The summed E-state index contributed by atoms with van der Waals surface area (Å²) >= 11 is 0. The summed E-state index contributed by atoms with van der Waals surface area (Å²) in [6.07, 6.45) is 3.66. The van der Waals surface area contributed by atoms with Crippen LogP contribution in [0, 0.1) is 0 Å². The number of aliphatic hydroxyl groups excluding tert-OH is 1. The van der Waals surface area contributed by atoms with Crippen molar-refractivity contribution in [3.63, 3.8) is 0 Å². The molecule has 0 aliphatic carbocycles. The van der Waals surface area contributed by atoms with E-state index in [2.05, 4.69) is 5.32 Å². The Morgan fingerprint density at radius 2 is 1.79 bits per heavy atom. The largest absolute Gasteiger partial charge is 0.459 e. The fourth-order valence-corrected chi connectivity index (χ4v) is 2.50. The van der Waals surface area contributed by atoms with Gasteiger partial charge in [0.05, 0.1) is 6.26 Å². The Labute approximate surface area is 140 Å². The van der Waals surface area contributed by atoms with E-state index < -0.39 is 11.8 Å². The average Bonchev–Trinajstić information content (AvgIpc) is 3.15. The van der Waals surface area contributed by atoms with Crippen LogP contribution in [0.2, 0.25) is 0 Å². The smallest absolute Gasteiger partial charge is 0.312 e. The SMILES string of the molecule is O=C(NCCCCCO)C(=O)N1CCN(C(=O)c2ccco2)CC1. The quantitative estimate of drug-likeness (QED) is 0.555. The number of hydrogen-bond acceptors (Lipinski definition) is 5. The molecular weight excluding hydrogens is 314 g/mol. The maximum atomic E-state index is 12.1. The number of hydrogen-bond donors (Lipinski definition) is 2. The van der Waals surface area contributed by atoms with Crippen LogP contribution in [-0.4, -0.2) is 72.0 Å². The zero-order chi connectivity index (χ0) is 17.4. The van der Waals surface area contributed by atoms with E-state index >= 15 is 0 Å². The van der Waals surface area contributed by atoms with Crippen molar-refractivity contribution in [1.29, 1.82) is 0 Å². The second-order valence-corrected chi connectivity index (χ2v) is 5.60. The standard InChI is InChI=1S/C16H23N3O5/c20-11-3-1-2-6-17-14(21)16(23)19-9-7-18(8-10-19)15(22)13-5-4-12-24-13/h4-5,12,20H,1-3,6-11H2,(H,17,21). The first kappa shape index (κ1) is 18.0. The number of nitrogens with zero attached hydrogens (tertiary/aromatic N) is 2. The van der Waals surface area contributed by atoms with Gasteiger partial charge in [-0.25, -0.2) is 0 Å². The van der Waals surface area contributed by atoms with Crippen LogP contribution < -0.4 is 5.32 Å². The van der Waals surface area contributed by atoms with Crippen molar-refractivity contribution in [2.45, 2.75) is 19.3 Å². The van der Waals surface area contributed by atoms with E-state index in [0.717, 1.165) is 12.8 Å². The number of carbonyl (C=O) groups is 3. The van der Waals surface area contributed by atoms with Gasteiger partial charge in [-0.3, -0.25) is 14.4 Å². The Morgan fingerprint density at radius 3 is 2.42 bits per heavy atom. The van der Waals surface area contributed by atoms with Crippen molar-refractivity contribution in [3.8, 4) is 0 Å². The zero-order valence-corrected chi connectivity index (χ0v) is 13.6. The van der Waals surface area contributed by atoms with Gasteiger partial charge < -0.3 is 24.6 Å². The molecule has 0 spiro atoms. The summed E-state index contributed by atoms with van der Waals surface area (Å²) < 4.78 is 5.08. The predicted molar refractivity (Wildman–Crippen MR) is 85.1 cm³/mol. The van der Waals surface area contributed by atoms with Gasteiger partial charge in [-0.1, -0.05) is 0 Å². The van der Waals surface area contributed by atoms with E-state index in [-0.39, 0.29) is 18.3 Å². The molecule has 8 nitrogen and oxygen atoms in total. The molecular formula is C16H23N3O5. The van der Waals surface area contributed by atoms with Gasteiger partial charge in [-0.05, 0) is 31.4 Å². The van der Waals surface area contributed by atoms with E-state index in [9.17, 15) is 14.4 Å². The maximum absolute atomic E-state index is 12.1. The van der Waals surface area contributed by atoms with Gasteiger partial charge in [0, 0.05) is 39.3 Å².